The van der Waals surface area contributed by atoms with Crippen LogP contribution in [0.5, 0.6) is 0 Å². The first-order valence-electron chi connectivity index (χ1n) is 8.84. The average molecular weight is 402 g/mol. The van der Waals surface area contributed by atoms with Gasteiger partial charge in [-0.25, -0.2) is 12.8 Å². The maximum atomic E-state index is 13.3. The highest BCUT2D eigenvalue weighted by Gasteiger charge is 2.28. The molecule has 6 nitrogen and oxygen atoms in total. The zero-order chi connectivity index (χ0) is 20.1. The molecule has 8 heteroatoms. The smallest absolute Gasteiger partial charge is 0.255 e. The van der Waals surface area contributed by atoms with Crippen molar-refractivity contribution in [2.24, 2.45) is 0 Å². The summed E-state index contributed by atoms with van der Waals surface area (Å²) in [5.74, 6) is -0.392. The summed E-state index contributed by atoms with van der Waals surface area (Å²) < 4.78 is 45.0. The van der Waals surface area contributed by atoms with Crippen molar-refractivity contribution in [1.29, 1.82) is 0 Å². The van der Waals surface area contributed by atoms with Crippen molar-refractivity contribution in [3.8, 4) is 11.3 Å². The molecule has 1 N–H and O–H groups in total. The zero-order valence-corrected chi connectivity index (χ0v) is 16.3. The largest absolute Gasteiger partial charge is 0.455 e. The maximum Gasteiger partial charge on any atom is 0.255 e. The van der Waals surface area contributed by atoms with Crippen molar-refractivity contribution in [2.45, 2.75) is 12.8 Å². The van der Waals surface area contributed by atoms with Crippen LogP contribution in [-0.4, -0.2) is 34.2 Å². The van der Waals surface area contributed by atoms with Crippen LogP contribution in [-0.2, 0) is 16.4 Å². The molecule has 28 heavy (non-hydrogen) atoms. The van der Waals surface area contributed by atoms with E-state index in [0.29, 0.717) is 52.9 Å². The molecule has 2 heterocycles. The van der Waals surface area contributed by atoms with E-state index in [-0.39, 0.29) is 11.7 Å². The van der Waals surface area contributed by atoms with Crippen molar-refractivity contribution in [3.05, 3.63) is 53.3 Å². The molecule has 3 aromatic rings. The number of hydrogen-bond acceptors (Lipinski definition) is 4. The highest BCUT2D eigenvalue weighted by Crippen LogP contribution is 2.39. The van der Waals surface area contributed by atoms with Gasteiger partial charge in [0.2, 0.25) is 10.0 Å². The summed E-state index contributed by atoms with van der Waals surface area (Å²) in [7, 11) is -1.89. The van der Waals surface area contributed by atoms with Crippen molar-refractivity contribution in [3.63, 3.8) is 0 Å². The van der Waals surface area contributed by atoms with Gasteiger partial charge in [-0.1, -0.05) is 0 Å². The van der Waals surface area contributed by atoms with Crippen LogP contribution >= 0.6 is 0 Å². The van der Waals surface area contributed by atoms with E-state index < -0.39 is 10.0 Å². The molecule has 1 aliphatic rings. The van der Waals surface area contributed by atoms with Crippen LogP contribution in [0.15, 0.2) is 40.8 Å². The number of carbonyl (C=O) groups is 1. The predicted octanol–water partition coefficient (Wildman–Crippen LogP) is 3.31. The molecule has 146 valence electrons. The molecular weight excluding hydrogens is 383 g/mol. The van der Waals surface area contributed by atoms with E-state index >= 15 is 0 Å². The van der Waals surface area contributed by atoms with E-state index in [1.807, 2.05) is 6.07 Å². The van der Waals surface area contributed by atoms with E-state index in [1.165, 1.54) is 29.7 Å². The van der Waals surface area contributed by atoms with E-state index in [2.05, 4.69) is 5.32 Å². The SMILES string of the molecule is CNC(=O)c1c(-c2ccc(F)cc2)oc2cc3c(cc12)CCCN3S(C)(=O)=O. The van der Waals surface area contributed by atoms with Gasteiger partial charge in [0.1, 0.15) is 17.2 Å². The number of amides is 1. The highest BCUT2D eigenvalue weighted by molar-refractivity contribution is 7.92. The lowest BCUT2D eigenvalue weighted by atomic mass is 9.98. The fourth-order valence-corrected chi connectivity index (χ4v) is 4.63. The molecule has 0 aliphatic carbocycles. The molecule has 1 amide bonds. The molecule has 0 unspecified atom stereocenters. The number of halogens is 1. The summed E-state index contributed by atoms with van der Waals surface area (Å²) in [6.45, 7) is 0.408. The highest BCUT2D eigenvalue weighted by atomic mass is 32.2. The molecule has 0 bridgehead atoms. The van der Waals surface area contributed by atoms with E-state index in [0.717, 1.165) is 5.56 Å². The summed E-state index contributed by atoms with van der Waals surface area (Å²) in [6.07, 6.45) is 2.58. The Kier molecular flexibility index (Phi) is 4.38. The number of anilines is 1. The van der Waals surface area contributed by atoms with Gasteiger partial charge in [0.05, 0.1) is 17.5 Å². The summed E-state index contributed by atoms with van der Waals surface area (Å²) in [6, 6.07) is 9.18. The van der Waals surface area contributed by atoms with Crippen LogP contribution in [0.2, 0.25) is 0 Å². The number of nitrogens with one attached hydrogen (secondary N) is 1. The molecule has 0 fully saturated rings. The number of hydrogen-bond donors (Lipinski definition) is 1. The van der Waals surface area contributed by atoms with Gasteiger partial charge in [-0.15, -0.1) is 0 Å². The van der Waals surface area contributed by atoms with Crippen LogP contribution in [0.4, 0.5) is 10.1 Å². The topological polar surface area (TPSA) is 79.6 Å². The molecule has 1 aromatic heterocycles. The molecule has 0 atom stereocenters. The van der Waals surface area contributed by atoms with Gasteiger partial charge >= 0.3 is 0 Å². The molecule has 0 radical (unpaired) electrons. The normalized spacial score (nSPS) is 14.2. The summed E-state index contributed by atoms with van der Waals surface area (Å²) in [5, 5.41) is 3.22. The first kappa shape index (κ1) is 18.5. The minimum atomic E-state index is -3.42. The molecular formula is C20H19FN2O4S. The Morgan fingerprint density at radius 2 is 1.93 bits per heavy atom. The van der Waals surface area contributed by atoms with Gasteiger partial charge in [-0.05, 0) is 48.7 Å². The summed E-state index contributed by atoms with van der Waals surface area (Å²) in [4.78, 5) is 12.6. The Morgan fingerprint density at radius 1 is 1.21 bits per heavy atom. The number of carbonyl (C=O) groups excluding carboxylic acids is 1. The summed E-state index contributed by atoms with van der Waals surface area (Å²) in [5.41, 5.74) is 2.75. The third-order valence-electron chi connectivity index (χ3n) is 4.93. The Labute approximate surface area is 162 Å². The maximum absolute atomic E-state index is 13.3. The fourth-order valence-electron chi connectivity index (χ4n) is 3.64. The lowest BCUT2D eigenvalue weighted by Crippen LogP contribution is -2.34. The van der Waals surface area contributed by atoms with E-state index in [1.54, 1.807) is 18.2 Å². The number of fused-ring (bicyclic) bond motifs is 2. The first-order chi connectivity index (χ1) is 13.3. The average Bonchev–Trinajstić information content (AvgIpc) is 3.03. The van der Waals surface area contributed by atoms with Gasteiger partial charge < -0.3 is 9.73 Å². The van der Waals surface area contributed by atoms with Crippen molar-refractivity contribution >= 4 is 32.6 Å². The molecule has 0 spiro atoms. The van der Waals surface area contributed by atoms with Crippen molar-refractivity contribution in [1.82, 2.24) is 5.32 Å². The number of nitrogens with zero attached hydrogens (tertiary/aromatic N) is 1. The number of benzene rings is 2. The number of furan rings is 1. The fraction of sp³-hybridized carbons (Fsp3) is 0.250. The first-order valence-corrected chi connectivity index (χ1v) is 10.7. The van der Waals surface area contributed by atoms with Crippen molar-refractivity contribution < 1.29 is 22.0 Å². The van der Waals surface area contributed by atoms with Crippen LogP contribution < -0.4 is 9.62 Å². The molecule has 1 aliphatic heterocycles. The summed E-state index contributed by atoms with van der Waals surface area (Å²) >= 11 is 0. The van der Waals surface area contributed by atoms with Crippen molar-refractivity contribution in [2.75, 3.05) is 24.2 Å². The minimum Gasteiger partial charge on any atom is -0.455 e. The second-order valence-electron chi connectivity index (χ2n) is 6.81. The number of rotatable bonds is 3. The Hall–Kier alpha value is -2.87. The van der Waals surface area contributed by atoms with Gasteiger partial charge in [0, 0.05) is 30.6 Å². The minimum absolute atomic E-state index is 0.322. The molecule has 4 rings (SSSR count). The van der Waals surface area contributed by atoms with Gasteiger partial charge in [-0.2, -0.15) is 0 Å². The predicted molar refractivity (Wildman–Crippen MR) is 106 cm³/mol. The van der Waals surface area contributed by atoms with Crippen LogP contribution in [0.1, 0.15) is 22.3 Å². The Morgan fingerprint density at radius 3 is 2.57 bits per heavy atom. The molecule has 2 aromatic carbocycles. The van der Waals surface area contributed by atoms with Crippen LogP contribution in [0, 0.1) is 5.82 Å². The molecule has 0 saturated carbocycles. The van der Waals surface area contributed by atoms with E-state index in [4.69, 9.17) is 4.42 Å². The third kappa shape index (κ3) is 3.03. The second kappa shape index (κ2) is 6.63. The quantitative estimate of drug-likeness (QED) is 0.729. The lowest BCUT2D eigenvalue weighted by molar-refractivity contribution is 0.0964. The third-order valence-corrected chi connectivity index (χ3v) is 6.11. The van der Waals surface area contributed by atoms with Crippen LogP contribution in [0.3, 0.4) is 0 Å². The lowest BCUT2D eigenvalue weighted by Gasteiger charge is -2.29. The second-order valence-corrected chi connectivity index (χ2v) is 8.71. The number of aryl methyl sites for hydroxylation is 1. The van der Waals surface area contributed by atoms with Gasteiger partial charge in [0.15, 0.2) is 0 Å². The zero-order valence-electron chi connectivity index (χ0n) is 15.5. The van der Waals surface area contributed by atoms with Crippen LogP contribution in [0.25, 0.3) is 22.3 Å². The van der Waals surface area contributed by atoms with Gasteiger partial charge in [-0.3, -0.25) is 9.10 Å². The monoisotopic (exact) mass is 402 g/mol. The molecule has 0 saturated heterocycles. The Bertz CT molecular complexity index is 1180. The standard InChI is InChI=1S/C20H19FN2O4S/c1-22-20(24)18-15-10-13-4-3-9-23(28(2,25)26)16(13)11-17(15)27-19(18)12-5-7-14(21)8-6-12/h5-8,10-11H,3-4,9H2,1-2H3,(H,22,24). The van der Waals surface area contributed by atoms with Gasteiger partial charge in [0.25, 0.3) is 5.91 Å². The van der Waals surface area contributed by atoms with E-state index in [9.17, 15) is 17.6 Å². The number of sulfonamides is 1. The Balaban J connectivity index is 1.99.